The second-order valence-electron chi connectivity index (χ2n) is 5.44. The molecule has 1 fully saturated rings. The number of unbranched alkanes of at least 4 members (excludes halogenated alkanes) is 1. The summed E-state index contributed by atoms with van der Waals surface area (Å²) < 4.78 is 1.40. The van der Waals surface area contributed by atoms with Crippen molar-refractivity contribution in [3.05, 3.63) is 29.6 Å². The minimum absolute atomic E-state index is 0.820. The van der Waals surface area contributed by atoms with Crippen molar-refractivity contribution in [2.24, 2.45) is 5.73 Å². The molecule has 2 heterocycles. The lowest BCUT2D eigenvalue weighted by atomic mass is 10.2. The van der Waals surface area contributed by atoms with Crippen molar-refractivity contribution in [1.82, 2.24) is 4.90 Å². The highest BCUT2D eigenvalue weighted by molar-refractivity contribution is 7.17. The molecule has 108 valence electrons. The first-order valence-corrected chi connectivity index (χ1v) is 8.40. The van der Waals surface area contributed by atoms with Crippen LogP contribution in [0.2, 0.25) is 0 Å². The highest BCUT2D eigenvalue weighted by Crippen LogP contribution is 2.33. The first-order chi connectivity index (χ1) is 9.88. The zero-order chi connectivity index (χ0) is 13.8. The largest absolute Gasteiger partial charge is 0.368 e. The number of rotatable bonds is 5. The standard InChI is InChI=1S/C16H23N3S/c17-7-3-4-8-18-9-11-19(12-10-18)15-13-20-16-6-2-1-5-14(15)16/h1-2,5-6,13H,3-4,7-12,17H2. The molecule has 0 amide bonds. The molecule has 2 aromatic rings. The maximum atomic E-state index is 5.56. The van der Waals surface area contributed by atoms with E-state index in [0.29, 0.717) is 0 Å². The summed E-state index contributed by atoms with van der Waals surface area (Å²) in [4.78, 5) is 5.11. The topological polar surface area (TPSA) is 32.5 Å². The Morgan fingerprint density at radius 2 is 1.85 bits per heavy atom. The highest BCUT2D eigenvalue weighted by Gasteiger charge is 2.18. The van der Waals surface area contributed by atoms with Gasteiger partial charge in [0, 0.05) is 41.6 Å². The molecular formula is C16H23N3S. The Morgan fingerprint density at radius 1 is 1.05 bits per heavy atom. The number of piperazine rings is 1. The normalized spacial score (nSPS) is 16.9. The van der Waals surface area contributed by atoms with Gasteiger partial charge in [-0.1, -0.05) is 18.2 Å². The van der Waals surface area contributed by atoms with Crippen LogP contribution in [0.25, 0.3) is 10.1 Å². The van der Waals surface area contributed by atoms with Crippen LogP contribution in [-0.2, 0) is 0 Å². The van der Waals surface area contributed by atoms with Crippen molar-refractivity contribution >= 4 is 27.1 Å². The molecule has 0 saturated carbocycles. The summed E-state index contributed by atoms with van der Waals surface area (Å²) in [6.45, 7) is 6.66. The van der Waals surface area contributed by atoms with Crippen LogP contribution in [0.5, 0.6) is 0 Å². The van der Waals surface area contributed by atoms with Crippen molar-refractivity contribution in [2.75, 3.05) is 44.2 Å². The van der Waals surface area contributed by atoms with Crippen LogP contribution in [0.1, 0.15) is 12.8 Å². The van der Waals surface area contributed by atoms with E-state index in [2.05, 4.69) is 39.4 Å². The van der Waals surface area contributed by atoms with Gasteiger partial charge in [0.05, 0.1) is 5.69 Å². The molecule has 3 rings (SSSR count). The fourth-order valence-corrected chi connectivity index (χ4v) is 3.87. The predicted molar refractivity (Wildman–Crippen MR) is 88.8 cm³/mol. The molecule has 1 aromatic carbocycles. The van der Waals surface area contributed by atoms with Gasteiger partial charge in [0.1, 0.15) is 0 Å². The molecule has 0 bridgehead atoms. The molecule has 0 aliphatic carbocycles. The number of hydrogen-bond donors (Lipinski definition) is 1. The van der Waals surface area contributed by atoms with Crippen molar-refractivity contribution < 1.29 is 0 Å². The summed E-state index contributed by atoms with van der Waals surface area (Å²) in [5.74, 6) is 0. The SMILES string of the molecule is NCCCCN1CCN(c2csc3ccccc23)CC1. The Labute approximate surface area is 125 Å². The van der Waals surface area contributed by atoms with Gasteiger partial charge in [0.15, 0.2) is 0 Å². The number of fused-ring (bicyclic) bond motifs is 1. The second kappa shape index (κ2) is 6.57. The van der Waals surface area contributed by atoms with Crippen LogP contribution in [0.15, 0.2) is 29.6 Å². The highest BCUT2D eigenvalue weighted by atomic mass is 32.1. The van der Waals surface area contributed by atoms with Gasteiger partial charge >= 0.3 is 0 Å². The lowest BCUT2D eigenvalue weighted by molar-refractivity contribution is 0.253. The van der Waals surface area contributed by atoms with Crippen LogP contribution < -0.4 is 10.6 Å². The maximum absolute atomic E-state index is 5.56. The molecular weight excluding hydrogens is 266 g/mol. The average Bonchev–Trinajstić information content (AvgIpc) is 2.92. The lowest BCUT2D eigenvalue weighted by Crippen LogP contribution is -2.46. The smallest absolute Gasteiger partial charge is 0.0555 e. The van der Waals surface area contributed by atoms with E-state index in [9.17, 15) is 0 Å². The fraction of sp³-hybridized carbons (Fsp3) is 0.500. The van der Waals surface area contributed by atoms with Gasteiger partial charge in [0.2, 0.25) is 0 Å². The Morgan fingerprint density at radius 3 is 2.65 bits per heavy atom. The molecule has 0 radical (unpaired) electrons. The molecule has 20 heavy (non-hydrogen) atoms. The quantitative estimate of drug-likeness (QED) is 0.859. The zero-order valence-corrected chi connectivity index (χ0v) is 12.7. The minimum Gasteiger partial charge on any atom is -0.368 e. The Balaban J connectivity index is 1.60. The molecule has 1 aromatic heterocycles. The van der Waals surface area contributed by atoms with Crippen molar-refractivity contribution in [3.8, 4) is 0 Å². The summed E-state index contributed by atoms with van der Waals surface area (Å²) in [5.41, 5.74) is 6.98. The Hall–Kier alpha value is -1.10. The number of anilines is 1. The Bertz CT molecular complexity index is 543. The zero-order valence-electron chi connectivity index (χ0n) is 11.9. The van der Waals surface area contributed by atoms with Gasteiger partial charge in [0.25, 0.3) is 0 Å². The van der Waals surface area contributed by atoms with Gasteiger partial charge in [-0.25, -0.2) is 0 Å². The van der Waals surface area contributed by atoms with Gasteiger partial charge in [-0.3, -0.25) is 4.90 Å². The second-order valence-corrected chi connectivity index (χ2v) is 6.35. The lowest BCUT2D eigenvalue weighted by Gasteiger charge is -2.35. The average molecular weight is 289 g/mol. The van der Waals surface area contributed by atoms with E-state index in [1.165, 1.54) is 41.8 Å². The molecule has 0 unspecified atom stereocenters. The summed E-state index contributed by atoms with van der Waals surface area (Å²) in [6.07, 6.45) is 2.38. The summed E-state index contributed by atoms with van der Waals surface area (Å²) in [5, 5.41) is 3.73. The van der Waals surface area contributed by atoms with Crippen LogP contribution >= 0.6 is 11.3 Å². The number of nitrogens with zero attached hydrogens (tertiary/aromatic N) is 2. The first-order valence-electron chi connectivity index (χ1n) is 7.52. The molecule has 1 aliphatic rings. The summed E-state index contributed by atoms with van der Waals surface area (Å²) >= 11 is 1.86. The summed E-state index contributed by atoms with van der Waals surface area (Å²) in [6, 6.07) is 8.72. The van der Waals surface area contributed by atoms with Crippen LogP contribution in [-0.4, -0.2) is 44.2 Å². The molecule has 0 atom stereocenters. The van der Waals surface area contributed by atoms with Gasteiger partial charge in [-0.05, 0) is 32.0 Å². The molecule has 1 aliphatic heterocycles. The van der Waals surface area contributed by atoms with Crippen LogP contribution in [0.4, 0.5) is 5.69 Å². The van der Waals surface area contributed by atoms with E-state index in [0.717, 1.165) is 26.1 Å². The third-order valence-electron chi connectivity index (χ3n) is 4.10. The van der Waals surface area contributed by atoms with Crippen LogP contribution in [0.3, 0.4) is 0 Å². The molecule has 3 nitrogen and oxygen atoms in total. The summed E-state index contributed by atoms with van der Waals surface area (Å²) in [7, 11) is 0. The number of nitrogens with two attached hydrogens (primary N) is 1. The monoisotopic (exact) mass is 289 g/mol. The minimum atomic E-state index is 0.820. The van der Waals surface area contributed by atoms with Gasteiger partial charge < -0.3 is 10.6 Å². The van der Waals surface area contributed by atoms with E-state index in [4.69, 9.17) is 5.73 Å². The van der Waals surface area contributed by atoms with E-state index in [1.54, 1.807) is 0 Å². The van der Waals surface area contributed by atoms with E-state index < -0.39 is 0 Å². The number of thiophene rings is 1. The van der Waals surface area contributed by atoms with E-state index in [1.807, 2.05) is 11.3 Å². The van der Waals surface area contributed by atoms with Crippen molar-refractivity contribution in [3.63, 3.8) is 0 Å². The van der Waals surface area contributed by atoms with E-state index in [-0.39, 0.29) is 0 Å². The van der Waals surface area contributed by atoms with Crippen molar-refractivity contribution in [2.45, 2.75) is 12.8 Å². The molecule has 0 spiro atoms. The maximum Gasteiger partial charge on any atom is 0.0555 e. The number of benzene rings is 1. The third-order valence-corrected chi connectivity index (χ3v) is 5.05. The molecule has 4 heteroatoms. The molecule has 2 N–H and O–H groups in total. The number of hydrogen-bond acceptors (Lipinski definition) is 4. The van der Waals surface area contributed by atoms with Gasteiger partial charge in [-0.15, -0.1) is 11.3 Å². The molecule has 1 saturated heterocycles. The van der Waals surface area contributed by atoms with Gasteiger partial charge in [-0.2, -0.15) is 0 Å². The van der Waals surface area contributed by atoms with E-state index >= 15 is 0 Å². The fourth-order valence-electron chi connectivity index (χ4n) is 2.90. The predicted octanol–water partition coefficient (Wildman–Crippen LogP) is 2.76. The first kappa shape index (κ1) is 13.9. The Kier molecular flexibility index (Phi) is 4.55. The van der Waals surface area contributed by atoms with Crippen molar-refractivity contribution in [1.29, 1.82) is 0 Å². The van der Waals surface area contributed by atoms with Crippen LogP contribution in [0, 0.1) is 0 Å². The third kappa shape index (κ3) is 2.97.